The van der Waals surface area contributed by atoms with Gasteiger partial charge in [0.25, 0.3) is 5.91 Å². The molecule has 1 saturated heterocycles. The van der Waals surface area contributed by atoms with E-state index in [-0.39, 0.29) is 11.9 Å². The van der Waals surface area contributed by atoms with Crippen molar-refractivity contribution < 1.29 is 4.79 Å². The van der Waals surface area contributed by atoms with Crippen molar-refractivity contribution in [2.24, 2.45) is 17.6 Å². The summed E-state index contributed by atoms with van der Waals surface area (Å²) >= 11 is 0. The van der Waals surface area contributed by atoms with Crippen LogP contribution < -0.4 is 5.73 Å². The maximum absolute atomic E-state index is 12.6. The lowest BCUT2D eigenvalue weighted by atomic mass is 9.99. The summed E-state index contributed by atoms with van der Waals surface area (Å²) in [5, 5.41) is 7.03. The van der Waals surface area contributed by atoms with E-state index in [1.54, 1.807) is 12.3 Å². The Kier molecular flexibility index (Phi) is 3.18. The zero-order chi connectivity index (χ0) is 15.1. The zero-order valence-electron chi connectivity index (χ0n) is 12.3. The number of nitrogens with one attached hydrogen (secondary N) is 1. The van der Waals surface area contributed by atoms with Crippen LogP contribution in [0.2, 0.25) is 0 Å². The molecule has 114 valence electrons. The number of likely N-dealkylation sites (tertiary alicyclic amines) is 1. The van der Waals surface area contributed by atoms with E-state index >= 15 is 0 Å². The van der Waals surface area contributed by atoms with Crippen molar-refractivity contribution in [1.82, 2.24) is 20.1 Å². The number of aromatic amines is 1. The van der Waals surface area contributed by atoms with Crippen LogP contribution in [0.4, 0.5) is 0 Å². The van der Waals surface area contributed by atoms with Crippen LogP contribution >= 0.6 is 0 Å². The lowest BCUT2D eigenvalue weighted by Crippen LogP contribution is -2.32. The smallest absolute Gasteiger partial charge is 0.271 e. The van der Waals surface area contributed by atoms with Crippen LogP contribution in [0.15, 0.2) is 30.5 Å². The Morgan fingerprint density at radius 1 is 1.27 bits per heavy atom. The van der Waals surface area contributed by atoms with Crippen LogP contribution in [0.25, 0.3) is 11.4 Å². The summed E-state index contributed by atoms with van der Waals surface area (Å²) in [6, 6.07) is 7.50. The van der Waals surface area contributed by atoms with Crippen molar-refractivity contribution in [3.05, 3.63) is 36.2 Å². The number of nitrogens with two attached hydrogens (primary N) is 1. The van der Waals surface area contributed by atoms with Gasteiger partial charge in [-0.05, 0) is 42.9 Å². The Bertz CT molecular complexity index is 679. The first-order valence-electron chi connectivity index (χ1n) is 7.74. The molecule has 0 radical (unpaired) electrons. The second-order valence-corrected chi connectivity index (χ2v) is 6.26. The van der Waals surface area contributed by atoms with Crippen molar-refractivity contribution >= 4 is 5.91 Å². The van der Waals surface area contributed by atoms with E-state index in [0.717, 1.165) is 18.2 Å². The highest BCUT2D eigenvalue weighted by molar-refractivity contribution is 5.93. The third-order valence-electron chi connectivity index (χ3n) is 4.66. The third-order valence-corrected chi connectivity index (χ3v) is 4.66. The van der Waals surface area contributed by atoms with E-state index in [0.29, 0.717) is 23.9 Å². The van der Waals surface area contributed by atoms with E-state index < -0.39 is 0 Å². The molecule has 2 aromatic heterocycles. The molecule has 22 heavy (non-hydrogen) atoms. The number of hydrogen-bond donors (Lipinski definition) is 2. The molecule has 0 bridgehead atoms. The fourth-order valence-corrected chi connectivity index (χ4v) is 3.29. The molecule has 1 aliphatic carbocycles. The molecule has 3 heterocycles. The first-order valence-corrected chi connectivity index (χ1v) is 7.74. The number of amides is 1. The topological polar surface area (TPSA) is 87.9 Å². The van der Waals surface area contributed by atoms with Crippen molar-refractivity contribution in [3.8, 4) is 11.4 Å². The van der Waals surface area contributed by atoms with E-state index in [9.17, 15) is 4.79 Å². The maximum atomic E-state index is 12.6. The number of carbonyl (C=O) groups excluding carboxylic acids is 1. The normalized spacial score (nSPS) is 24.7. The van der Waals surface area contributed by atoms with Crippen LogP contribution in [0.3, 0.4) is 0 Å². The van der Waals surface area contributed by atoms with Gasteiger partial charge in [-0.25, -0.2) is 0 Å². The van der Waals surface area contributed by atoms with Gasteiger partial charge in [0.05, 0.1) is 5.69 Å². The number of pyridine rings is 1. The van der Waals surface area contributed by atoms with Gasteiger partial charge in [0.15, 0.2) is 0 Å². The number of nitrogens with zero attached hydrogens (tertiary/aromatic N) is 3. The maximum Gasteiger partial charge on any atom is 0.271 e. The van der Waals surface area contributed by atoms with Crippen LogP contribution in [0.5, 0.6) is 0 Å². The molecular weight excluding hydrogens is 278 g/mol. The highest BCUT2D eigenvalue weighted by Crippen LogP contribution is 2.41. The minimum atomic E-state index is -0.0201. The quantitative estimate of drug-likeness (QED) is 0.893. The Labute approximate surface area is 128 Å². The number of carbonyl (C=O) groups is 1. The fraction of sp³-hybridized carbons (Fsp3) is 0.438. The SMILES string of the molecule is NC1CN(C(=O)c2cc(-c3ccccn3)n[nH]2)CC1C1CC1. The predicted octanol–water partition coefficient (Wildman–Crippen LogP) is 1.28. The van der Waals surface area contributed by atoms with Gasteiger partial charge in [-0.3, -0.25) is 14.9 Å². The summed E-state index contributed by atoms with van der Waals surface area (Å²) in [7, 11) is 0. The molecule has 1 aliphatic heterocycles. The number of H-pyrrole nitrogens is 1. The molecule has 4 rings (SSSR count). The van der Waals surface area contributed by atoms with Gasteiger partial charge < -0.3 is 10.6 Å². The first-order chi connectivity index (χ1) is 10.7. The molecule has 1 saturated carbocycles. The Morgan fingerprint density at radius 3 is 2.86 bits per heavy atom. The van der Waals surface area contributed by atoms with Gasteiger partial charge in [-0.2, -0.15) is 5.10 Å². The summed E-state index contributed by atoms with van der Waals surface area (Å²) in [4.78, 5) is 18.7. The van der Waals surface area contributed by atoms with Crippen molar-refractivity contribution in [2.45, 2.75) is 18.9 Å². The average Bonchev–Trinajstić information content (AvgIpc) is 3.13. The van der Waals surface area contributed by atoms with E-state index in [2.05, 4.69) is 15.2 Å². The van der Waals surface area contributed by atoms with Gasteiger partial charge in [0.1, 0.15) is 11.4 Å². The van der Waals surface area contributed by atoms with Crippen LogP contribution in [0, 0.1) is 11.8 Å². The standard InChI is InChI=1S/C16H19N5O/c17-12-9-21(8-11(12)10-4-5-10)16(22)15-7-14(19-20-15)13-3-1-2-6-18-13/h1-3,6-7,10-12H,4-5,8-9,17H2,(H,19,20). The van der Waals surface area contributed by atoms with E-state index in [4.69, 9.17) is 5.73 Å². The van der Waals surface area contributed by atoms with Crippen molar-refractivity contribution in [3.63, 3.8) is 0 Å². The molecule has 3 N–H and O–H groups in total. The van der Waals surface area contributed by atoms with Crippen molar-refractivity contribution in [2.75, 3.05) is 13.1 Å². The van der Waals surface area contributed by atoms with E-state index in [1.165, 1.54) is 12.8 Å². The predicted molar refractivity (Wildman–Crippen MR) is 81.9 cm³/mol. The monoisotopic (exact) mass is 297 g/mol. The van der Waals surface area contributed by atoms with Gasteiger partial charge in [-0.1, -0.05) is 6.07 Å². The Morgan fingerprint density at radius 2 is 2.14 bits per heavy atom. The van der Waals surface area contributed by atoms with Gasteiger partial charge >= 0.3 is 0 Å². The van der Waals surface area contributed by atoms with Gasteiger partial charge in [-0.15, -0.1) is 0 Å². The first kappa shape index (κ1) is 13.5. The van der Waals surface area contributed by atoms with Crippen molar-refractivity contribution in [1.29, 1.82) is 0 Å². The number of hydrogen-bond acceptors (Lipinski definition) is 4. The molecule has 2 unspecified atom stereocenters. The highest BCUT2D eigenvalue weighted by Gasteiger charge is 2.42. The molecule has 2 aliphatic rings. The minimum absolute atomic E-state index is 0.0201. The summed E-state index contributed by atoms with van der Waals surface area (Å²) < 4.78 is 0. The highest BCUT2D eigenvalue weighted by atomic mass is 16.2. The molecule has 0 aromatic carbocycles. The van der Waals surface area contributed by atoms with Crippen LogP contribution in [0.1, 0.15) is 23.3 Å². The van der Waals surface area contributed by atoms with E-state index in [1.807, 2.05) is 23.1 Å². The largest absolute Gasteiger partial charge is 0.335 e. The van der Waals surface area contributed by atoms with Gasteiger partial charge in [0.2, 0.25) is 0 Å². The lowest BCUT2D eigenvalue weighted by molar-refractivity contribution is 0.0779. The Hall–Kier alpha value is -2.21. The molecule has 2 aromatic rings. The second kappa shape index (κ2) is 5.21. The number of aromatic nitrogens is 3. The molecule has 6 nitrogen and oxygen atoms in total. The molecule has 2 fully saturated rings. The van der Waals surface area contributed by atoms with Crippen LogP contribution in [-0.4, -0.2) is 45.1 Å². The summed E-state index contributed by atoms with van der Waals surface area (Å²) in [5.41, 5.74) is 8.14. The molecular formula is C16H19N5O. The van der Waals surface area contributed by atoms with Crippen LogP contribution in [-0.2, 0) is 0 Å². The summed E-state index contributed by atoms with van der Waals surface area (Å²) in [5.74, 6) is 1.16. The second-order valence-electron chi connectivity index (χ2n) is 6.26. The lowest BCUT2D eigenvalue weighted by Gasteiger charge is -2.14. The molecule has 2 atom stereocenters. The molecule has 6 heteroatoms. The Balaban J connectivity index is 1.50. The molecule has 0 spiro atoms. The summed E-state index contributed by atoms with van der Waals surface area (Å²) in [6.45, 7) is 1.40. The fourth-order valence-electron chi connectivity index (χ4n) is 3.29. The minimum Gasteiger partial charge on any atom is -0.335 e. The summed E-state index contributed by atoms with van der Waals surface area (Å²) in [6.07, 6.45) is 4.23. The zero-order valence-corrected chi connectivity index (χ0v) is 12.3. The molecule has 1 amide bonds. The average molecular weight is 297 g/mol. The third kappa shape index (κ3) is 2.39. The number of rotatable bonds is 3. The van der Waals surface area contributed by atoms with Gasteiger partial charge in [0, 0.05) is 25.3 Å².